The maximum Gasteiger partial charge on any atom is 0.354 e. The van der Waals surface area contributed by atoms with Crippen molar-refractivity contribution in [2.45, 2.75) is 64.9 Å². The molecule has 0 radical (unpaired) electrons. The summed E-state index contributed by atoms with van der Waals surface area (Å²) in [4.78, 5) is 18.4. The summed E-state index contributed by atoms with van der Waals surface area (Å²) in [6, 6.07) is 0. The first-order chi connectivity index (χ1) is 9.56. The van der Waals surface area contributed by atoms with Gasteiger partial charge in [0.1, 0.15) is 0 Å². The molecular formula is C16H25NO3. The average molecular weight is 279 g/mol. The lowest BCUT2D eigenvalue weighted by Crippen LogP contribution is -2.53. The minimum atomic E-state index is -0.828. The smallest absolute Gasteiger partial charge is 0.354 e. The molecule has 4 nitrogen and oxygen atoms in total. The number of esters is 1. The van der Waals surface area contributed by atoms with Gasteiger partial charge in [-0.05, 0) is 38.0 Å². The molecule has 0 aromatic heterocycles. The molecule has 112 valence electrons. The molecule has 0 aromatic rings. The highest BCUT2D eigenvalue weighted by Gasteiger charge is 2.69. The Morgan fingerprint density at radius 1 is 1.45 bits per heavy atom. The van der Waals surface area contributed by atoms with Gasteiger partial charge in [0.15, 0.2) is 0 Å². The van der Waals surface area contributed by atoms with Gasteiger partial charge >= 0.3 is 5.97 Å². The first-order valence-corrected chi connectivity index (χ1v) is 7.99. The van der Waals surface area contributed by atoms with Gasteiger partial charge in [-0.2, -0.15) is 0 Å². The number of rotatable bonds is 5. The Morgan fingerprint density at radius 3 is 2.80 bits per heavy atom. The van der Waals surface area contributed by atoms with Crippen LogP contribution in [0.25, 0.3) is 0 Å². The molecule has 0 bridgehead atoms. The summed E-state index contributed by atoms with van der Waals surface area (Å²) >= 11 is 0. The molecule has 3 rings (SSSR count). The van der Waals surface area contributed by atoms with Gasteiger partial charge in [0.2, 0.25) is 5.60 Å². The second-order valence-corrected chi connectivity index (χ2v) is 6.85. The summed E-state index contributed by atoms with van der Waals surface area (Å²) in [7, 11) is 0. The molecule has 2 unspecified atom stereocenters. The molecule has 1 aliphatic heterocycles. The highest BCUT2D eigenvalue weighted by atomic mass is 16.7. The van der Waals surface area contributed by atoms with E-state index in [0.717, 1.165) is 37.3 Å². The Morgan fingerprint density at radius 2 is 2.20 bits per heavy atom. The van der Waals surface area contributed by atoms with Crippen molar-refractivity contribution in [3.63, 3.8) is 0 Å². The number of ether oxygens (including phenoxy) is 1. The summed E-state index contributed by atoms with van der Waals surface area (Å²) in [5.74, 6) is 0.869. The van der Waals surface area contributed by atoms with Crippen molar-refractivity contribution in [3.05, 3.63) is 0 Å². The molecule has 2 aliphatic carbocycles. The SMILES string of the molecule is CCOC(=O)C12CCCC1(CC1CC1)C(C(C)C)=NO2. The Labute approximate surface area is 120 Å². The van der Waals surface area contributed by atoms with Crippen LogP contribution < -0.4 is 0 Å². The van der Waals surface area contributed by atoms with E-state index < -0.39 is 5.60 Å². The lowest BCUT2D eigenvalue weighted by atomic mass is 9.65. The lowest BCUT2D eigenvalue weighted by molar-refractivity contribution is -0.178. The van der Waals surface area contributed by atoms with Crippen molar-refractivity contribution < 1.29 is 14.4 Å². The molecule has 20 heavy (non-hydrogen) atoms. The van der Waals surface area contributed by atoms with Gasteiger partial charge in [-0.3, -0.25) is 0 Å². The van der Waals surface area contributed by atoms with Crippen LogP contribution in [0.5, 0.6) is 0 Å². The molecule has 2 fully saturated rings. The number of nitrogens with zero attached hydrogens (tertiary/aromatic N) is 1. The van der Waals surface area contributed by atoms with Crippen molar-refractivity contribution in [1.82, 2.24) is 0 Å². The van der Waals surface area contributed by atoms with E-state index in [0.29, 0.717) is 12.5 Å². The first-order valence-electron chi connectivity index (χ1n) is 7.99. The maximum absolute atomic E-state index is 12.6. The Balaban J connectivity index is 1.98. The molecule has 0 amide bonds. The second kappa shape index (κ2) is 4.74. The number of fused-ring (bicyclic) bond motifs is 1. The number of hydrogen-bond donors (Lipinski definition) is 0. The van der Waals surface area contributed by atoms with Crippen molar-refractivity contribution >= 4 is 11.7 Å². The Bertz CT molecular complexity index is 441. The number of hydrogen-bond acceptors (Lipinski definition) is 4. The summed E-state index contributed by atoms with van der Waals surface area (Å²) in [5.41, 5.74) is 0.0646. The molecule has 4 heteroatoms. The molecule has 2 atom stereocenters. The summed E-state index contributed by atoms with van der Waals surface area (Å²) in [6.45, 7) is 6.55. The van der Waals surface area contributed by atoms with Crippen molar-refractivity contribution in [2.24, 2.45) is 22.4 Å². The molecule has 0 aromatic carbocycles. The average Bonchev–Trinajstić information content (AvgIpc) is 3.00. The van der Waals surface area contributed by atoms with Crippen LogP contribution in [0.3, 0.4) is 0 Å². The minimum absolute atomic E-state index is 0.197. The van der Waals surface area contributed by atoms with Crippen LogP contribution in [0.1, 0.15) is 59.3 Å². The van der Waals surface area contributed by atoms with E-state index in [2.05, 4.69) is 19.0 Å². The van der Waals surface area contributed by atoms with Crippen LogP contribution >= 0.6 is 0 Å². The zero-order valence-electron chi connectivity index (χ0n) is 12.8. The molecule has 0 N–H and O–H groups in total. The number of carbonyl (C=O) groups excluding carboxylic acids is 1. The number of carbonyl (C=O) groups is 1. The highest BCUT2D eigenvalue weighted by molar-refractivity contribution is 6.00. The first kappa shape index (κ1) is 13.9. The second-order valence-electron chi connectivity index (χ2n) is 6.85. The fourth-order valence-electron chi connectivity index (χ4n) is 4.19. The van der Waals surface area contributed by atoms with Crippen LogP contribution in [0, 0.1) is 17.3 Å². The van der Waals surface area contributed by atoms with E-state index in [-0.39, 0.29) is 11.4 Å². The van der Waals surface area contributed by atoms with Crippen LogP contribution in [0.15, 0.2) is 5.16 Å². The molecule has 0 spiro atoms. The predicted molar refractivity (Wildman–Crippen MR) is 76.3 cm³/mol. The van der Waals surface area contributed by atoms with Gasteiger partial charge in [-0.1, -0.05) is 31.8 Å². The zero-order chi connectivity index (χ0) is 14.4. The highest BCUT2D eigenvalue weighted by Crippen LogP contribution is 2.60. The molecule has 0 saturated heterocycles. The quantitative estimate of drug-likeness (QED) is 0.725. The number of oxime groups is 1. The van der Waals surface area contributed by atoms with Crippen molar-refractivity contribution in [2.75, 3.05) is 6.61 Å². The van der Waals surface area contributed by atoms with Crippen LogP contribution in [-0.2, 0) is 14.4 Å². The van der Waals surface area contributed by atoms with Crippen LogP contribution in [0.2, 0.25) is 0 Å². The topological polar surface area (TPSA) is 47.9 Å². The standard InChI is InChI=1S/C16H25NO3/c1-4-19-14(18)16-9-5-8-15(16,10-12-6-7-12)13(11(2)3)17-20-16/h11-12H,4-10H2,1-3H3. The van der Waals surface area contributed by atoms with Gasteiger partial charge in [0.05, 0.1) is 17.7 Å². The van der Waals surface area contributed by atoms with Gasteiger partial charge in [-0.15, -0.1) is 0 Å². The monoisotopic (exact) mass is 279 g/mol. The van der Waals surface area contributed by atoms with E-state index in [4.69, 9.17) is 9.57 Å². The molecule has 1 heterocycles. The lowest BCUT2D eigenvalue weighted by Gasteiger charge is -2.37. The summed E-state index contributed by atoms with van der Waals surface area (Å²) < 4.78 is 5.35. The predicted octanol–water partition coefficient (Wildman–Crippen LogP) is 3.30. The van der Waals surface area contributed by atoms with Gasteiger partial charge in [0, 0.05) is 6.42 Å². The molecule has 2 saturated carbocycles. The van der Waals surface area contributed by atoms with Crippen LogP contribution in [0.4, 0.5) is 0 Å². The Hall–Kier alpha value is -1.06. The van der Waals surface area contributed by atoms with E-state index in [9.17, 15) is 4.79 Å². The third kappa shape index (κ3) is 1.80. The van der Waals surface area contributed by atoms with Crippen LogP contribution in [-0.4, -0.2) is 23.9 Å². The van der Waals surface area contributed by atoms with Crippen molar-refractivity contribution in [1.29, 1.82) is 0 Å². The van der Waals surface area contributed by atoms with E-state index in [1.165, 1.54) is 12.8 Å². The minimum Gasteiger partial charge on any atom is -0.463 e. The van der Waals surface area contributed by atoms with Gasteiger partial charge in [0.25, 0.3) is 0 Å². The third-order valence-electron chi connectivity index (χ3n) is 5.18. The molecule has 3 aliphatic rings. The van der Waals surface area contributed by atoms with E-state index >= 15 is 0 Å². The fraction of sp³-hybridized carbons (Fsp3) is 0.875. The van der Waals surface area contributed by atoms with E-state index in [1.807, 2.05) is 6.92 Å². The summed E-state index contributed by atoms with van der Waals surface area (Å²) in [5, 5.41) is 4.36. The molecular weight excluding hydrogens is 254 g/mol. The van der Waals surface area contributed by atoms with E-state index in [1.54, 1.807) is 0 Å². The van der Waals surface area contributed by atoms with Gasteiger partial charge in [-0.25, -0.2) is 4.79 Å². The Kier molecular flexibility index (Phi) is 3.30. The van der Waals surface area contributed by atoms with Gasteiger partial charge < -0.3 is 9.57 Å². The zero-order valence-corrected chi connectivity index (χ0v) is 12.8. The third-order valence-corrected chi connectivity index (χ3v) is 5.18. The largest absolute Gasteiger partial charge is 0.463 e. The normalized spacial score (nSPS) is 35.7. The maximum atomic E-state index is 12.6. The summed E-state index contributed by atoms with van der Waals surface area (Å²) in [6.07, 6.45) is 6.40. The fourth-order valence-corrected chi connectivity index (χ4v) is 4.19. The van der Waals surface area contributed by atoms with Crippen molar-refractivity contribution in [3.8, 4) is 0 Å².